The lowest BCUT2D eigenvalue weighted by Crippen LogP contribution is -2.28. The third-order valence-electron chi connectivity index (χ3n) is 4.92. The highest BCUT2D eigenvalue weighted by Gasteiger charge is 2.23. The number of primary amides is 1. The van der Waals surface area contributed by atoms with E-state index in [1.165, 1.54) is 6.42 Å². The van der Waals surface area contributed by atoms with Crippen molar-refractivity contribution in [3.05, 3.63) is 0 Å². The maximum atomic E-state index is 10.8. The molecule has 2 fully saturated rings. The van der Waals surface area contributed by atoms with Gasteiger partial charge in [-0.15, -0.1) is 0 Å². The van der Waals surface area contributed by atoms with Crippen LogP contribution in [0.15, 0.2) is 0 Å². The fourth-order valence-corrected chi connectivity index (χ4v) is 3.24. The quantitative estimate of drug-likeness (QED) is 0.562. The van der Waals surface area contributed by atoms with Gasteiger partial charge in [-0.25, -0.2) is 0 Å². The fourth-order valence-electron chi connectivity index (χ4n) is 3.24. The number of carbonyl (C=O) groups is 2. The average Bonchev–Trinajstić information content (AvgIpc) is 2.60. The molecule has 2 N–H and O–H groups in total. The van der Waals surface area contributed by atoms with E-state index in [0.717, 1.165) is 51.4 Å². The van der Waals surface area contributed by atoms with E-state index in [1.54, 1.807) is 0 Å². The molecule has 0 atom stereocenters. The number of nitrogens with two attached hydrogens (primary N) is 1. The van der Waals surface area contributed by atoms with Crippen LogP contribution >= 0.6 is 0 Å². The van der Waals surface area contributed by atoms with E-state index in [9.17, 15) is 9.59 Å². The van der Waals surface area contributed by atoms with Gasteiger partial charge in [0.15, 0.2) is 0 Å². The number of ether oxygens (including phenoxy) is 2. The molecule has 162 valence electrons. The van der Waals surface area contributed by atoms with Crippen LogP contribution in [0.5, 0.6) is 0 Å². The minimum absolute atomic E-state index is 0. The fraction of sp³-hybridized carbons (Fsp3) is 0.909. The second-order valence-electron chi connectivity index (χ2n) is 7.47. The van der Waals surface area contributed by atoms with Crippen LogP contribution in [-0.2, 0) is 19.1 Å². The third kappa shape index (κ3) is 13.0. The Labute approximate surface area is 168 Å². The van der Waals surface area contributed by atoms with E-state index in [2.05, 4.69) is 13.8 Å². The van der Waals surface area contributed by atoms with Crippen molar-refractivity contribution >= 4 is 11.7 Å². The molecule has 2 saturated carbocycles. The van der Waals surface area contributed by atoms with Crippen molar-refractivity contribution in [3.63, 3.8) is 0 Å². The summed E-state index contributed by atoms with van der Waals surface area (Å²) >= 11 is 0. The highest BCUT2D eigenvalue weighted by Crippen LogP contribution is 2.27. The molecule has 0 bridgehead atoms. The summed E-state index contributed by atoms with van der Waals surface area (Å²) < 4.78 is 11.5. The van der Waals surface area contributed by atoms with Gasteiger partial charge in [0.2, 0.25) is 5.91 Å². The summed E-state index contributed by atoms with van der Waals surface area (Å²) in [6, 6.07) is 0. The summed E-state index contributed by atoms with van der Waals surface area (Å²) in [7, 11) is 0. The zero-order valence-corrected chi connectivity index (χ0v) is 18.3. The molecule has 1 amide bonds. The Bertz CT molecular complexity index is 392. The van der Waals surface area contributed by atoms with Gasteiger partial charge in [-0.05, 0) is 58.8 Å². The number of amides is 1. The number of Topliss-reactive ketones (excluding diaryl/α,β-unsaturated/α-hetero) is 1. The molecule has 2 aliphatic rings. The van der Waals surface area contributed by atoms with Crippen LogP contribution in [0.2, 0.25) is 0 Å². The van der Waals surface area contributed by atoms with E-state index >= 15 is 0 Å². The topological polar surface area (TPSA) is 78.6 Å². The van der Waals surface area contributed by atoms with Gasteiger partial charge in [0, 0.05) is 26.8 Å². The Balaban J connectivity index is 0. The minimum Gasteiger partial charge on any atom is -0.378 e. The average molecular weight is 388 g/mol. The van der Waals surface area contributed by atoms with Gasteiger partial charge in [0.05, 0.1) is 18.3 Å². The van der Waals surface area contributed by atoms with Crippen molar-refractivity contribution in [2.75, 3.05) is 6.61 Å². The van der Waals surface area contributed by atoms with Gasteiger partial charge in [0.25, 0.3) is 0 Å². The van der Waals surface area contributed by atoms with Crippen molar-refractivity contribution in [3.8, 4) is 0 Å². The molecule has 0 unspecified atom stereocenters. The summed E-state index contributed by atoms with van der Waals surface area (Å²) in [4.78, 5) is 21.3. The maximum absolute atomic E-state index is 10.8. The second-order valence-corrected chi connectivity index (χ2v) is 7.47. The lowest BCUT2D eigenvalue weighted by Gasteiger charge is -2.29. The summed E-state index contributed by atoms with van der Waals surface area (Å²) in [6.45, 7) is 10.7. The molecule has 0 heterocycles. The van der Waals surface area contributed by atoms with E-state index < -0.39 is 0 Å². The molecule has 2 rings (SSSR count). The Hall–Kier alpha value is -0.940. The summed E-state index contributed by atoms with van der Waals surface area (Å²) in [5, 5.41) is 0. The molecule has 0 spiro atoms. The minimum atomic E-state index is -0.248. The van der Waals surface area contributed by atoms with Crippen LogP contribution in [0.1, 0.15) is 100 Å². The van der Waals surface area contributed by atoms with Crippen molar-refractivity contribution in [1.82, 2.24) is 0 Å². The predicted molar refractivity (Wildman–Crippen MR) is 113 cm³/mol. The van der Waals surface area contributed by atoms with E-state index in [-0.39, 0.29) is 7.33 Å². The lowest BCUT2D eigenvalue weighted by molar-refractivity contribution is -0.124. The van der Waals surface area contributed by atoms with E-state index in [1.807, 2.05) is 20.8 Å². The Morgan fingerprint density at radius 2 is 1.59 bits per heavy atom. The molecule has 27 heavy (non-hydrogen) atoms. The molecule has 5 nitrogen and oxygen atoms in total. The van der Waals surface area contributed by atoms with E-state index in [4.69, 9.17) is 15.2 Å². The van der Waals surface area contributed by atoms with Crippen molar-refractivity contribution in [2.24, 2.45) is 11.7 Å². The van der Waals surface area contributed by atoms with Gasteiger partial charge in [-0.3, -0.25) is 9.59 Å². The Kier molecular flexibility index (Phi) is 15.5. The first kappa shape index (κ1) is 26.1. The van der Waals surface area contributed by atoms with Crippen molar-refractivity contribution in [2.45, 2.75) is 117 Å². The molecule has 0 aliphatic heterocycles. The van der Waals surface area contributed by atoms with Crippen LogP contribution in [0, 0.1) is 5.92 Å². The molecule has 0 aromatic heterocycles. The highest BCUT2D eigenvalue weighted by atomic mass is 16.5. The number of ketones is 1. The molecule has 0 radical (unpaired) electrons. The van der Waals surface area contributed by atoms with Crippen LogP contribution in [-0.4, -0.2) is 36.6 Å². The van der Waals surface area contributed by atoms with E-state index in [0.29, 0.717) is 43.0 Å². The number of hydrogen-bond donors (Lipinski definition) is 1. The monoisotopic (exact) mass is 387 g/mol. The lowest BCUT2D eigenvalue weighted by atomic mass is 9.81. The number of rotatable bonds is 9. The van der Waals surface area contributed by atoms with Crippen LogP contribution in [0.25, 0.3) is 0 Å². The number of carbonyl (C=O) groups excluding carboxylic acids is 2. The van der Waals surface area contributed by atoms with Crippen molar-refractivity contribution in [1.29, 1.82) is 0 Å². The molecule has 0 saturated heterocycles. The summed E-state index contributed by atoms with van der Waals surface area (Å²) in [5.41, 5.74) is 5.07. The van der Waals surface area contributed by atoms with Gasteiger partial charge in [0.1, 0.15) is 5.78 Å². The largest absolute Gasteiger partial charge is 0.378 e. The number of hydrogen-bond acceptors (Lipinski definition) is 4. The Morgan fingerprint density at radius 3 is 1.96 bits per heavy atom. The van der Waals surface area contributed by atoms with Gasteiger partial charge in [-0.1, -0.05) is 27.2 Å². The second kappa shape index (κ2) is 16.1. The Morgan fingerprint density at radius 1 is 1.04 bits per heavy atom. The van der Waals surface area contributed by atoms with Gasteiger partial charge in [-0.2, -0.15) is 0 Å². The third-order valence-corrected chi connectivity index (χ3v) is 4.92. The first-order chi connectivity index (χ1) is 12.9. The molecular formula is C22H45NO4. The summed E-state index contributed by atoms with van der Waals surface area (Å²) in [5.74, 6) is 0.680. The summed E-state index contributed by atoms with van der Waals surface area (Å²) in [6.07, 6.45) is 10.8. The zero-order valence-electron chi connectivity index (χ0n) is 18.3. The standard InChI is InChI=1S/C13H25NO3.C7H12O.C2H6.H2/c1-10(2)17-12-7-5-11(6-8-12)16-9-3-4-13(14)15;1-2-7(8)6-4-3-5-6;1-2;/h10-12H,3-9H2,1-2H3,(H2,14,15);6H,2-5H2,1H3;1-2H3;1H. The maximum Gasteiger partial charge on any atom is 0.217 e. The first-order valence-electron chi connectivity index (χ1n) is 11.0. The molecular weight excluding hydrogens is 342 g/mol. The molecule has 0 aromatic rings. The predicted octanol–water partition coefficient (Wildman–Crippen LogP) is 5.04. The molecule has 5 heteroatoms. The first-order valence-corrected chi connectivity index (χ1v) is 11.0. The molecule has 2 aliphatic carbocycles. The molecule has 0 aromatic carbocycles. The van der Waals surface area contributed by atoms with Gasteiger partial charge < -0.3 is 15.2 Å². The van der Waals surface area contributed by atoms with Crippen LogP contribution in [0.3, 0.4) is 0 Å². The highest BCUT2D eigenvalue weighted by molar-refractivity contribution is 5.81. The van der Waals surface area contributed by atoms with Crippen LogP contribution in [0.4, 0.5) is 0 Å². The normalized spacial score (nSPS) is 22.0. The van der Waals surface area contributed by atoms with Gasteiger partial charge >= 0.3 is 0 Å². The zero-order chi connectivity index (χ0) is 20.7. The van der Waals surface area contributed by atoms with Crippen LogP contribution < -0.4 is 5.73 Å². The van der Waals surface area contributed by atoms with Crippen molar-refractivity contribution < 1.29 is 20.5 Å². The SMILES string of the molecule is CC.CC(C)OC1CCC(OCCCC(N)=O)CC1.CCC(=O)C1CCC1.[HH]. The smallest absolute Gasteiger partial charge is 0.217 e.